The molecule has 0 aromatic heterocycles. The average molecular weight is 412 g/mol. The van der Waals surface area contributed by atoms with Gasteiger partial charge in [0.1, 0.15) is 0 Å². The highest BCUT2D eigenvalue weighted by atomic mass is 79.9. The Morgan fingerprint density at radius 2 is 1.88 bits per heavy atom. The summed E-state index contributed by atoms with van der Waals surface area (Å²) >= 11 is 3.36. The molecule has 25 heavy (non-hydrogen) atoms. The first-order valence-corrected chi connectivity index (χ1v) is 8.93. The van der Waals surface area contributed by atoms with Gasteiger partial charge in [0.25, 0.3) is 0 Å². The van der Waals surface area contributed by atoms with Crippen LogP contribution in [0.2, 0.25) is 0 Å². The molecule has 2 rings (SSSR count). The number of morpholine rings is 1. The second-order valence-electron chi connectivity index (χ2n) is 5.78. The molecule has 1 aromatic rings. The zero-order valence-corrected chi connectivity index (χ0v) is 15.7. The Labute approximate surface area is 155 Å². The zero-order valence-electron chi connectivity index (χ0n) is 14.1. The quantitative estimate of drug-likeness (QED) is 0.741. The lowest BCUT2D eigenvalue weighted by Gasteiger charge is -2.26. The molecule has 1 heterocycles. The predicted molar refractivity (Wildman–Crippen MR) is 97.2 cm³/mol. The van der Waals surface area contributed by atoms with Crippen molar-refractivity contribution in [3.63, 3.8) is 0 Å². The van der Waals surface area contributed by atoms with Crippen LogP contribution >= 0.6 is 15.9 Å². The van der Waals surface area contributed by atoms with Crippen LogP contribution in [0.15, 0.2) is 22.7 Å². The number of hydrogen-bond donors (Lipinski definition) is 2. The smallest absolute Gasteiger partial charge is 0.243 e. The lowest BCUT2D eigenvalue weighted by Crippen LogP contribution is -2.41. The Morgan fingerprint density at radius 1 is 1.16 bits per heavy atom. The summed E-state index contributed by atoms with van der Waals surface area (Å²) in [4.78, 5) is 37.4. The minimum absolute atomic E-state index is 0.0617. The summed E-state index contributed by atoms with van der Waals surface area (Å²) < 4.78 is 6.12. The Morgan fingerprint density at radius 3 is 2.56 bits per heavy atom. The van der Waals surface area contributed by atoms with Crippen LogP contribution in [0.4, 0.5) is 5.69 Å². The topological polar surface area (TPSA) is 87.7 Å². The van der Waals surface area contributed by atoms with Crippen molar-refractivity contribution in [2.75, 3.05) is 38.2 Å². The molecule has 1 aliphatic rings. The van der Waals surface area contributed by atoms with E-state index in [1.54, 1.807) is 11.0 Å². The predicted octanol–water partition coefficient (Wildman–Crippen LogP) is 1.45. The third kappa shape index (κ3) is 6.47. The van der Waals surface area contributed by atoms with E-state index >= 15 is 0 Å². The number of hydrogen-bond acceptors (Lipinski definition) is 4. The van der Waals surface area contributed by atoms with Gasteiger partial charge < -0.3 is 20.3 Å². The Kier molecular flexibility index (Phi) is 7.39. The summed E-state index contributed by atoms with van der Waals surface area (Å²) in [7, 11) is 0. The van der Waals surface area contributed by atoms with Crippen molar-refractivity contribution in [2.24, 2.45) is 0 Å². The molecule has 3 amide bonds. The maximum Gasteiger partial charge on any atom is 0.243 e. The van der Waals surface area contributed by atoms with Crippen molar-refractivity contribution in [1.29, 1.82) is 0 Å². The normalized spacial score (nSPS) is 14.1. The number of ether oxygens (including phenoxy) is 1. The number of carbonyl (C=O) groups excluding carboxylic acids is 3. The summed E-state index contributed by atoms with van der Waals surface area (Å²) in [6.45, 7) is 3.96. The third-order valence-electron chi connectivity index (χ3n) is 3.84. The molecule has 1 saturated heterocycles. The summed E-state index contributed by atoms with van der Waals surface area (Å²) in [6, 6.07) is 5.52. The molecule has 0 unspecified atom stereocenters. The number of amides is 3. The number of aryl methyl sites for hydroxylation is 1. The first-order valence-electron chi connectivity index (χ1n) is 8.14. The first kappa shape index (κ1) is 19.4. The molecule has 7 nitrogen and oxygen atoms in total. The van der Waals surface area contributed by atoms with Gasteiger partial charge in [0.2, 0.25) is 17.7 Å². The van der Waals surface area contributed by atoms with Gasteiger partial charge in [0, 0.05) is 36.1 Å². The monoisotopic (exact) mass is 411 g/mol. The molecule has 0 atom stereocenters. The zero-order chi connectivity index (χ0) is 18.2. The van der Waals surface area contributed by atoms with E-state index in [1.165, 1.54) is 0 Å². The minimum Gasteiger partial charge on any atom is -0.378 e. The van der Waals surface area contributed by atoms with E-state index < -0.39 is 0 Å². The molecule has 0 saturated carbocycles. The number of carbonyl (C=O) groups is 3. The van der Waals surface area contributed by atoms with Gasteiger partial charge in [-0.15, -0.1) is 0 Å². The highest BCUT2D eigenvalue weighted by Gasteiger charge is 2.17. The molecule has 0 radical (unpaired) electrons. The highest BCUT2D eigenvalue weighted by Crippen LogP contribution is 2.19. The SMILES string of the molecule is Cc1cc(Br)ccc1NC(=O)CNC(=O)CCC(=O)N1CCOCC1. The molecule has 2 N–H and O–H groups in total. The maximum atomic E-state index is 12.0. The van der Waals surface area contributed by atoms with E-state index in [4.69, 9.17) is 4.74 Å². The molecule has 0 spiro atoms. The average Bonchev–Trinajstić information content (AvgIpc) is 2.61. The van der Waals surface area contributed by atoms with Gasteiger partial charge in [-0.3, -0.25) is 14.4 Å². The molecule has 0 bridgehead atoms. The summed E-state index contributed by atoms with van der Waals surface area (Å²) in [5, 5.41) is 5.28. The maximum absolute atomic E-state index is 12.0. The largest absolute Gasteiger partial charge is 0.378 e. The number of benzene rings is 1. The van der Waals surface area contributed by atoms with Crippen molar-refractivity contribution in [3.8, 4) is 0 Å². The number of halogens is 1. The van der Waals surface area contributed by atoms with E-state index in [2.05, 4.69) is 26.6 Å². The van der Waals surface area contributed by atoms with Crippen LogP contribution in [-0.2, 0) is 19.1 Å². The van der Waals surface area contributed by atoms with Gasteiger partial charge in [0.15, 0.2) is 0 Å². The summed E-state index contributed by atoms with van der Waals surface area (Å²) in [6.07, 6.45) is 0.208. The van der Waals surface area contributed by atoms with Crippen LogP contribution in [0.1, 0.15) is 18.4 Å². The van der Waals surface area contributed by atoms with Crippen LogP contribution in [0, 0.1) is 6.92 Å². The standard InChI is InChI=1S/C17H22BrN3O4/c1-12-10-13(18)2-3-14(12)20-16(23)11-19-15(22)4-5-17(24)21-6-8-25-9-7-21/h2-3,10H,4-9,11H2,1H3,(H,19,22)(H,20,23). The second kappa shape index (κ2) is 9.53. The van der Waals surface area contributed by atoms with E-state index in [9.17, 15) is 14.4 Å². The van der Waals surface area contributed by atoms with E-state index in [1.807, 2.05) is 19.1 Å². The van der Waals surface area contributed by atoms with Crippen LogP contribution in [0.3, 0.4) is 0 Å². The van der Waals surface area contributed by atoms with Crippen LogP contribution in [-0.4, -0.2) is 55.5 Å². The second-order valence-corrected chi connectivity index (χ2v) is 6.69. The molecule has 0 aliphatic carbocycles. The fourth-order valence-corrected chi connectivity index (χ4v) is 2.90. The van der Waals surface area contributed by atoms with Crippen molar-refractivity contribution in [1.82, 2.24) is 10.2 Å². The van der Waals surface area contributed by atoms with Gasteiger partial charge in [-0.2, -0.15) is 0 Å². The number of nitrogens with one attached hydrogen (secondary N) is 2. The van der Waals surface area contributed by atoms with E-state index in [-0.39, 0.29) is 37.1 Å². The Bertz CT molecular complexity index is 645. The van der Waals surface area contributed by atoms with Crippen LogP contribution < -0.4 is 10.6 Å². The molecular formula is C17H22BrN3O4. The Balaban J connectivity index is 1.68. The lowest BCUT2D eigenvalue weighted by molar-refractivity contribution is -0.137. The first-order chi connectivity index (χ1) is 12.0. The molecule has 1 aliphatic heterocycles. The van der Waals surface area contributed by atoms with Gasteiger partial charge in [-0.1, -0.05) is 15.9 Å². The lowest BCUT2D eigenvalue weighted by atomic mass is 10.2. The van der Waals surface area contributed by atoms with E-state index in [0.717, 1.165) is 10.0 Å². The van der Waals surface area contributed by atoms with Gasteiger partial charge in [-0.25, -0.2) is 0 Å². The number of rotatable bonds is 6. The number of nitrogens with zero attached hydrogens (tertiary/aromatic N) is 1. The van der Waals surface area contributed by atoms with Gasteiger partial charge in [-0.05, 0) is 30.7 Å². The van der Waals surface area contributed by atoms with Gasteiger partial charge in [0.05, 0.1) is 19.8 Å². The molecule has 8 heteroatoms. The summed E-state index contributed by atoms with van der Waals surface area (Å²) in [5.74, 6) is -0.684. The van der Waals surface area contributed by atoms with Crippen molar-refractivity contribution >= 4 is 39.3 Å². The third-order valence-corrected chi connectivity index (χ3v) is 4.33. The highest BCUT2D eigenvalue weighted by molar-refractivity contribution is 9.10. The molecule has 1 fully saturated rings. The molecular weight excluding hydrogens is 390 g/mol. The molecule has 1 aromatic carbocycles. The summed E-state index contributed by atoms with van der Waals surface area (Å²) in [5.41, 5.74) is 1.62. The number of anilines is 1. The minimum atomic E-state index is -0.315. The fraction of sp³-hybridized carbons (Fsp3) is 0.471. The van der Waals surface area contributed by atoms with Crippen LogP contribution in [0.5, 0.6) is 0 Å². The fourth-order valence-electron chi connectivity index (χ4n) is 2.42. The van der Waals surface area contributed by atoms with Crippen LogP contribution in [0.25, 0.3) is 0 Å². The van der Waals surface area contributed by atoms with Crippen molar-refractivity contribution < 1.29 is 19.1 Å². The van der Waals surface area contributed by atoms with Crippen molar-refractivity contribution in [3.05, 3.63) is 28.2 Å². The van der Waals surface area contributed by atoms with Crippen molar-refractivity contribution in [2.45, 2.75) is 19.8 Å². The Hall–Kier alpha value is -1.93. The van der Waals surface area contributed by atoms with Gasteiger partial charge >= 0.3 is 0 Å². The van der Waals surface area contributed by atoms with E-state index in [0.29, 0.717) is 32.0 Å². The molecule has 136 valence electrons.